The minimum atomic E-state index is -3.51. The molecule has 0 amide bonds. The smallest absolute Gasteiger partial charge is 0.241 e. The molecule has 2 rings (SSSR count). The molecule has 1 aromatic carbocycles. The van der Waals surface area contributed by atoms with Crippen LogP contribution in [-0.4, -0.2) is 13.4 Å². The highest BCUT2D eigenvalue weighted by molar-refractivity contribution is 7.89. The van der Waals surface area contributed by atoms with Crippen molar-refractivity contribution in [3.8, 4) is 0 Å². The first-order valence-electron chi connectivity index (χ1n) is 6.93. The van der Waals surface area contributed by atoms with Gasteiger partial charge in [-0.05, 0) is 57.4 Å². The van der Waals surface area contributed by atoms with E-state index in [-0.39, 0.29) is 0 Å². The summed E-state index contributed by atoms with van der Waals surface area (Å²) in [7, 11) is -3.51. The largest absolute Gasteiger partial charge is 0.362 e. The Morgan fingerprint density at radius 2 is 1.57 bits per heavy atom. The fraction of sp³-hybridized carbons (Fsp3) is 0.375. The molecule has 114 valence electrons. The van der Waals surface area contributed by atoms with Crippen molar-refractivity contribution in [3.63, 3.8) is 0 Å². The molecule has 0 spiro atoms. The number of sulfonamides is 1. The summed E-state index contributed by atoms with van der Waals surface area (Å²) in [6.45, 7) is 9.83. The third-order valence-corrected chi connectivity index (χ3v) is 5.29. The van der Waals surface area contributed by atoms with Crippen molar-refractivity contribution in [1.29, 1.82) is 0 Å². The van der Waals surface area contributed by atoms with Gasteiger partial charge in [0, 0.05) is 17.9 Å². The van der Waals surface area contributed by atoms with Gasteiger partial charge in [0.1, 0.15) is 0 Å². The summed E-state index contributed by atoms with van der Waals surface area (Å²) in [5, 5.41) is 0. The molecule has 5 heteroatoms. The minimum Gasteiger partial charge on any atom is -0.362 e. The van der Waals surface area contributed by atoms with Gasteiger partial charge in [-0.25, -0.2) is 13.1 Å². The Labute approximate surface area is 126 Å². The number of aromatic nitrogens is 1. The monoisotopic (exact) mass is 306 g/mol. The number of aromatic amines is 1. The summed E-state index contributed by atoms with van der Waals surface area (Å²) in [5.74, 6) is 0. The van der Waals surface area contributed by atoms with Crippen LogP contribution in [0.5, 0.6) is 0 Å². The third-order valence-electron chi connectivity index (χ3n) is 3.58. The first-order valence-corrected chi connectivity index (χ1v) is 8.41. The van der Waals surface area contributed by atoms with Crippen molar-refractivity contribution in [2.75, 3.05) is 0 Å². The van der Waals surface area contributed by atoms with Gasteiger partial charge in [0.2, 0.25) is 10.0 Å². The van der Waals surface area contributed by atoms with Crippen molar-refractivity contribution >= 4 is 10.0 Å². The maximum absolute atomic E-state index is 12.6. The molecule has 4 nitrogen and oxygen atoms in total. The summed E-state index contributed by atoms with van der Waals surface area (Å²) in [6, 6.07) is 5.76. The quantitative estimate of drug-likeness (QED) is 0.912. The van der Waals surface area contributed by atoms with E-state index in [1.54, 1.807) is 0 Å². The molecule has 0 unspecified atom stereocenters. The van der Waals surface area contributed by atoms with Crippen molar-refractivity contribution in [2.45, 2.75) is 46.1 Å². The molecular weight excluding hydrogens is 284 g/mol. The maximum atomic E-state index is 12.6. The Kier molecular flexibility index (Phi) is 4.25. The fourth-order valence-electron chi connectivity index (χ4n) is 2.80. The van der Waals surface area contributed by atoms with Gasteiger partial charge in [0.15, 0.2) is 0 Å². The Hall–Kier alpha value is -1.59. The summed E-state index contributed by atoms with van der Waals surface area (Å²) in [6.07, 6.45) is 0. The lowest BCUT2D eigenvalue weighted by Crippen LogP contribution is -2.25. The zero-order valence-corrected chi connectivity index (χ0v) is 14.0. The molecule has 2 N–H and O–H groups in total. The molecule has 1 heterocycles. The van der Waals surface area contributed by atoms with Crippen molar-refractivity contribution < 1.29 is 8.42 Å². The van der Waals surface area contributed by atoms with Crippen molar-refractivity contribution in [1.82, 2.24) is 9.71 Å². The zero-order chi connectivity index (χ0) is 15.8. The predicted molar refractivity (Wildman–Crippen MR) is 84.9 cm³/mol. The molecular formula is C16H22N2O2S. The van der Waals surface area contributed by atoms with Gasteiger partial charge < -0.3 is 4.98 Å². The lowest BCUT2D eigenvalue weighted by Gasteiger charge is -2.13. The van der Waals surface area contributed by atoms with E-state index in [0.29, 0.717) is 11.4 Å². The van der Waals surface area contributed by atoms with E-state index >= 15 is 0 Å². The molecule has 21 heavy (non-hydrogen) atoms. The van der Waals surface area contributed by atoms with Gasteiger partial charge in [0.05, 0.1) is 4.90 Å². The summed E-state index contributed by atoms with van der Waals surface area (Å²) in [5.41, 5.74) is 5.63. The number of nitrogens with one attached hydrogen (secondary N) is 2. The molecule has 0 radical (unpaired) electrons. The van der Waals surface area contributed by atoms with E-state index in [9.17, 15) is 8.42 Å². The van der Waals surface area contributed by atoms with E-state index in [4.69, 9.17) is 0 Å². The Bertz CT molecular complexity index is 751. The Morgan fingerprint density at radius 3 is 2.05 bits per heavy atom. The number of hydrogen-bond donors (Lipinski definition) is 2. The van der Waals surface area contributed by atoms with Gasteiger partial charge in [-0.15, -0.1) is 0 Å². The molecule has 2 aromatic rings. The lowest BCUT2D eigenvalue weighted by molar-refractivity contribution is 0.580. The van der Waals surface area contributed by atoms with E-state index in [2.05, 4.69) is 9.71 Å². The van der Waals surface area contributed by atoms with Crippen LogP contribution in [0.15, 0.2) is 23.1 Å². The van der Waals surface area contributed by atoms with Crippen LogP contribution >= 0.6 is 0 Å². The van der Waals surface area contributed by atoms with E-state index in [1.165, 1.54) is 0 Å². The minimum absolute atomic E-state index is 0.297. The first kappa shape index (κ1) is 15.8. The van der Waals surface area contributed by atoms with Gasteiger partial charge in [0.25, 0.3) is 0 Å². The summed E-state index contributed by atoms with van der Waals surface area (Å²) < 4.78 is 27.8. The topological polar surface area (TPSA) is 62.0 Å². The average Bonchev–Trinajstić information content (AvgIpc) is 2.63. The molecule has 0 saturated heterocycles. The van der Waals surface area contributed by atoms with Crippen LogP contribution in [0.4, 0.5) is 0 Å². The van der Waals surface area contributed by atoms with Gasteiger partial charge in [-0.3, -0.25) is 0 Å². The van der Waals surface area contributed by atoms with E-state index < -0.39 is 10.0 Å². The molecule has 0 aliphatic carbocycles. The summed E-state index contributed by atoms with van der Waals surface area (Å²) in [4.78, 5) is 3.57. The average molecular weight is 306 g/mol. The van der Waals surface area contributed by atoms with Crippen LogP contribution in [0.1, 0.15) is 33.6 Å². The van der Waals surface area contributed by atoms with Crippen LogP contribution in [0.2, 0.25) is 0 Å². The fourth-order valence-corrected chi connectivity index (χ4v) is 4.26. The highest BCUT2D eigenvalue weighted by Gasteiger charge is 2.20. The maximum Gasteiger partial charge on any atom is 0.241 e. The van der Waals surface area contributed by atoms with Crippen LogP contribution in [-0.2, 0) is 16.6 Å². The van der Waals surface area contributed by atoms with Crippen LogP contribution in [0.3, 0.4) is 0 Å². The van der Waals surface area contributed by atoms with Crippen molar-refractivity contribution in [3.05, 3.63) is 51.8 Å². The number of hydrogen-bond acceptors (Lipinski definition) is 2. The van der Waals surface area contributed by atoms with Gasteiger partial charge >= 0.3 is 0 Å². The highest BCUT2D eigenvalue weighted by atomic mass is 32.2. The molecule has 0 aliphatic rings. The highest BCUT2D eigenvalue weighted by Crippen LogP contribution is 2.22. The second kappa shape index (κ2) is 5.66. The van der Waals surface area contributed by atoms with Crippen molar-refractivity contribution in [2.24, 2.45) is 0 Å². The van der Waals surface area contributed by atoms with E-state index in [1.807, 2.05) is 52.8 Å². The second-order valence-corrected chi connectivity index (χ2v) is 7.36. The number of rotatable bonds is 4. The lowest BCUT2D eigenvalue weighted by atomic mass is 10.1. The van der Waals surface area contributed by atoms with Crippen LogP contribution in [0.25, 0.3) is 0 Å². The molecule has 0 aliphatic heterocycles. The number of benzene rings is 1. The molecule has 0 bridgehead atoms. The molecule has 0 atom stereocenters. The Balaban J connectivity index is 2.29. The van der Waals surface area contributed by atoms with Gasteiger partial charge in [-0.1, -0.05) is 17.7 Å². The molecule has 1 aromatic heterocycles. The number of H-pyrrole nitrogens is 1. The second-order valence-electron chi connectivity index (χ2n) is 5.65. The van der Waals surface area contributed by atoms with Crippen LogP contribution < -0.4 is 4.72 Å². The SMILES string of the molecule is Cc1cc(C)c(S(=O)(=O)NCc2cc(C)[nH]c2C)c(C)c1. The molecule has 0 fully saturated rings. The van der Waals surface area contributed by atoms with E-state index in [0.717, 1.165) is 33.6 Å². The normalized spacial score (nSPS) is 11.9. The number of aryl methyl sites for hydroxylation is 5. The third kappa shape index (κ3) is 3.36. The van der Waals surface area contributed by atoms with Crippen LogP contribution in [0, 0.1) is 34.6 Å². The van der Waals surface area contributed by atoms with Gasteiger partial charge in [-0.2, -0.15) is 0 Å². The Morgan fingerprint density at radius 1 is 1.00 bits per heavy atom. The summed E-state index contributed by atoms with van der Waals surface area (Å²) >= 11 is 0. The standard InChI is InChI=1S/C16H22N2O2S/c1-10-6-11(2)16(12(3)7-10)21(19,20)17-9-15-8-13(4)18-14(15)5/h6-8,17-18H,9H2,1-5H3. The zero-order valence-electron chi connectivity index (χ0n) is 13.2. The molecule has 0 saturated carbocycles. The predicted octanol–water partition coefficient (Wildman–Crippen LogP) is 3.04. The first-order chi connectivity index (χ1) is 9.70.